The summed E-state index contributed by atoms with van der Waals surface area (Å²) in [5.41, 5.74) is 1.05. The van der Waals surface area contributed by atoms with Gasteiger partial charge >= 0.3 is 0 Å². The average Bonchev–Trinajstić information content (AvgIpc) is 2.98. The fourth-order valence-electron chi connectivity index (χ4n) is 1.49. The van der Waals surface area contributed by atoms with E-state index >= 15 is 0 Å². The van der Waals surface area contributed by atoms with Gasteiger partial charge < -0.3 is 5.32 Å². The zero-order valence-corrected chi connectivity index (χ0v) is 10.3. The van der Waals surface area contributed by atoms with E-state index in [0.717, 1.165) is 12.8 Å². The first-order valence-corrected chi connectivity index (χ1v) is 6.91. The molecule has 0 aliphatic heterocycles. The first-order valence-electron chi connectivity index (χ1n) is 5.37. The van der Waals surface area contributed by atoms with Crippen LogP contribution >= 0.6 is 0 Å². The first-order chi connectivity index (χ1) is 7.97. The maximum atomic E-state index is 11.7. The van der Waals surface area contributed by atoms with Crippen molar-refractivity contribution >= 4 is 27.3 Å². The minimum atomic E-state index is -3.25. The van der Waals surface area contributed by atoms with E-state index in [1.54, 1.807) is 24.3 Å². The number of hydrogen-bond donors (Lipinski definition) is 2. The average molecular weight is 254 g/mol. The van der Waals surface area contributed by atoms with Gasteiger partial charge in [-0.2, -0.15) is 0 Å². The second-order valence-corrected chi connectivity index (χ2v) is 6.07. The predicted molar refractivity (Wildman–Crippen MR) is 66.3 cm³/mol. The maximum Gasteiger partial charge on any atom is 0.235 e. The third-order valence-corrected chi connectivity index (χ3v) is 4.28. The molecule has 0 bridgehead atoms. The van der Waals surface area contributed by atoms with E-state index in [9.17, 15) is 13.2 Å². The minimum Gasteiger partial charge on any atom is -0.326 e. The second-order valence-electron chi connectivity index (χ2n) is 4.11. The molecule has 0 aromatic heterocycles. The lowest BCUT2D eigenvalue weighted by molar-refractivity contribution is -0.114. The van der Waals surface area contributed by atoms with Gasteiger partial charge in [-0.15, -0.1) is 0 Å². The van der Waals surface area contributed by atoms with Gasteiger partial charge in [-0.05, 0) is 31.0 Å². The van der Waals surface area contributed by atoms with Crippen molar-refractivity contribution in [2.75, 3.05) is 10.0 Å². The van der Waals surface area contributed by atoms with Crippen LogP contribution in [0, 0.1) is 0 Å². The van der Waals surface area contributed by atoms with E-state index in [1.807, 2.05) is 0 Å². The highest BCUT2D eigenvalue weighted by atomic mass is 32.2. The van der Waals surface area contributed by atoms with E-state index in [0.29, 0.717) is 11.4 Å². The summed E-state index contributed by atoms with van der Waals surface area (Å²) in [5.74, 6) is -0.188. The van der Waals surface area contributed by atoms with Crippen molar-refractivity contribution in [3.63, 3.8) is 0 Å². The molecular formula is C11H14N2O3S. The molecule has 0 heterocycles. The van der Waals surface area contributed by atoms with E-state index in [4.69, 9.17) is 0 Å². The number of benzene rings is 1. The number of carbonyl (C=O) groups is 1. The number of nitrogens with one attached hydrogen (secondary N) is 2. The quantitative estimate of drug-likeness (QED) is 0.856. The van der Waals surface area contributed by atoms with Crippen LogP contribution in [0.25, 0.3) is 0 Å². The number of sulfonamides is 1. The standard InChI is InChI=1S/C11H14N2O3S/c1-8(14)12-9-3-2-4-10(7-9)13-17(15,16)11-5-6-11/h2-4,7,11,13H,5-6H2,1H3,(H,12,14). The molecule has 1 fully saturated rings. The Hall–Kier alpha value is -1.56. The molecule has 0 atom stereocenters. The molecule has 2 N–H and O–H groups in total. The molecule has 0 unspecified atom stereocenters. The molecule has 1 aliphatic carbocycles. The molecule has 1 amide bonds. The van der Waals surface area contributed by atoms with Crippen LogP contribution in [0.15, 0.2) is 24.3 Å². The number of anilines is 2. The Bertz CT molecular complexity index is 535. The van der Waals surface area contributed by atoms with Crippen LogP contribution in [0.5, 0.6) is 0 Å². The van der Waals surface area contributed by atoms with Gasteiger partial charge in [-0.25, -0.2) is 8.42 Å². The SMILES string of the molecule is CC(=O)Nc1cccc(NS(=O)(=O)C2CC2)c1. The van der Waals surface area contributed by atoms with E-state index in [2.05, 4.69) is 10.0 Å². The summed E-state index contributed by atoms with van der Waals surface area (Å²) in [7, 11) is -3.25. The summed E-state index contributed by atoms with van der Waals surface area (Å²) in [5, 5.41) is 2.34. The van der Waals surface area contributed by atoms with Gasteiger partial charge in [0.05, 0.1) is 10.9 Å². The summed E-state index contributed by atoms with van der Waals surface area (Å²) in [4.78, 5) is 10.9. The molecule has 17 heavy (non-hydrogen) atoms. The van der Waals surface area contributed by atoms with Crippen LogP contribution in [0.2, 0.25) is 0 Å². The largest absolute Gasteiger partial charge is 0.326 e. The van der Waals surface area contributed by atoms with Crippen LogP contribution in [0.4, 0.5) is 11.4 Å². The van der Waals surface area contributed by atoms with Gasteiger partial charge in [0.25, 0.3) is 0 Å². The van der Waals surface area contributed by atoms with Crippen molar-refractivity contribution in [1.82, 2.24) is 0 Å². The molecule has 2 rings (SSSR count). The smallest absolute Gasteiger partial charge is 0.235 e. The monoisotopic (exact) mass is 254 g/mol. The zero-order valence-electron chi connectivity index (χ0n) is 9.43. The highest BCUT2D eigenvalue weighted by molar-refractivity contribution is 7.93. The van der Waals surface area contributed by atoms with Gasteiger partial charge in [0.15, 0.2) is 0 Å². The van der Waals surface area contributed by atoms with Gasteiger partial charge in [-0.1, -0.05) is 6.07 Å². The van der Waals surface area contributed by atoms with Crippen LogP contribution in [0.1, 0.15) is 19.8 Å². The lowest BCUT2D eigenvalue weighted by atomic mass is 10.3. The molecular weight excluding hydrogens is 240 g/mol. The summed E-state index contributed by atoms with van der Waals surface area (Å²) in [6, 6.07) is 6.65. The fraction of sp³-hybridized carbons (Fsp3) is 0.364. The van der Waals surface area contributed by atoms with Crippen molar-refractivity contribution in [3.05, 3.63) is 24.3 Å². The molecule has 92 valence electrons. The molecule has 1 saturated carbocycles. The molecule has 0 spiro atoms. The topological polar surface area (TPSA) is 75.3 Å². The number of carbonyl (C=O) groups excluding carboxylic acids is 1. The normalized spacial score (nSPS) is 15.4. The Morgan fingerprint density at radius 1 is 1.29 bits per heavy atom. The molecule has 6 heteroatoms. The molecule has 1 aromatic rings. The van der Waals surface area contributed by atoms with Gasteiger partial charge in [0, 0.05) is 12.6 Å². The van der Waals surface area contributed by atoms with Crippen LogP contribution < -0.4 is 10.0 Å². The maximum absolute atomic E-state index is 11.7. The van der Waals surface area contributed by atoms with Crippen molar-refractivity contribution in [2.24, 2.45) is 0 Å². The zero-order chi connectivity index (χ0) is 12.5. The van der Waals surface area contributed by atoms with Gasteiger partial charge in [-0.3, -0.25) is 9.52 Å². The summed E-state index contributed by atoms with van der Waals surface area (Å²) >= 11 is 0. The van der Waals surface area contributed by atoms with Crippen LogP contribution in [-0.2, 0) is 14.8 Å². The summed E-state index contributed by atoms with van der Waals surface area (Å²) < 4.78 is 25.9. The molecule has 0 radical (unpaired) electrons. The van der Waals surface area contributed by atoms with Gasteiger partial charge in [0.2, 0.25) is 15.9 Å². The molecule has 5 nitrogen and oxygen atoms in total. The predicted octanol–water partition coefficient (Wildman–Crippen LogP) is 1.55. The lowest BCUT2D eigenvalue weighted by Gasteiger charge is -2.08. The number of amides is 1. The summed E-state index contributed by atoms with van der Waals surface area (Å²) in [6.07, 6.45) is 1.45. The van der Waals surface area contributed by atoms with Gasteiger partial charge in [0.1, 0.15) is 0 Å². The fourth-order valence-corrected chi connectivity index (χ4v) is 2.87. The van der Waals surface area contributed by atoms with Crippen molar-refractivity contribution in [3.8, 4) is 0 Å². The molecule has 0 saturated heterocycles. The third kappa shape index (κ3) is 3.20. The van der Waals surface area contributed by atoms with E-state index < -0.39 is 10.0 Å². The highest BCUT2D eigenvalue weighted by Gasteiger charge is 2.35. The second kappa shape index (κ2) is 4.37. The number of rotatable bonds is 4. The Morgan fingerprint density at radius 3 is 2.53 bits per heavy atom. The van der Waals surface area contributed by atoms with E-state index in [1.165, 1.54) is 6.92 Å². The molecule has 1 aromatic carbocycles. The Morgan fingerprint density at radius 2 is 1.94 bits per heavy atom. The van der Waals surface area contributed by atoms with E-state index in [-0.39, 0.29) is 11.2 Å². The summed E-state index contributed by atoms with van der Waals surface area (Å²) in [6.45, 7) is 1.40. The van der Waals surface area contributed by atoms with Crippen molar-refractivity contribution < 1.29 is 13.2 Å². The first kappa shape index (κ1) is 11.9. The molecule has 1 aliphatic rings. The minimum absolute atomic E-state index is 0.188. The third-order valence-electron chi connectivity index (χ3n) is 2.41. The van der Waals surface area contributed by atoms with Crippen LogP contribution in [0.3, 0.4) is 0 Å². The Kier molecular flexibility index (Phi) is 3.06. The Labute approximate surface area is 100 Å². The number of hydrogen-bond acceptors (Lipinski definition) is 3. The Balaban J connectivity index is 2.13. The highest BCUT2D eigenvalue weighted by Crippen LogP contribution is 2.30. The van der Waals surface area contributed by atoms with Crippen molar-refractivity contribution in [1.29, 1.82) is 0 Å². The lowest BCUT2D eigenvalue weighted by Crippen LogP contribution is -2.17. The van der Waals surface area contributed by atoms with Crippen LogP contribution in [-0.4, -0.2) is 19.6 Å². The van der Waals surface area contributed by atoms with Crippen molar-refractivity contribution in [2.45, 2.75) is 25.0 Å².